The van der Waals surface area contributed by atoms with E-state index in [-0.39, 0.29) is 11.1 Å². The Morgan fingerprint density at radius 2 is 2.33 bits per heavy atom. The molecule has 2 aromatic heterocycles. The molecular formula is C10H10N2O3. The van der Waals surface area contributed by atoms with Crippen LogP contribution in [-0.2, 0) is 6.54 Å². The molecule has 2 rings (SSSR count). The number of aromatic amines is 1. The SMILES string of the molecule is CCn1cc(C(=O)O)c2cc[nH]c2c1=O. The molecule has 5 nitrogen and oxygen atoms in total. The molecule has 5 heteroatoms. The highest BCUT2D eigenvalue weighted by molar-refractivity contribution is 6.02. The van der Waals surface area contributed by atoms with E-state index in [1.807, 2.05) is 0 Å². The van der Waals surface area contributed by atoms with Crippen molar-refractivity contribution in [3.8, 4) is 0 Å². The van der Waals surface area contributed by atoms with E-state index in [2.05, 4.69) is 4.98 Å². The van der Waals surface area contributed by atoms with Gasteiger partial charge in [0, 0.05) is 24.3 Å². The molecule has 0 saturated heterocycles. The monoisotopic (exact) mass is 206 g/mol. The van der Waals surface area contributed by atoms with Crippen LogP contribution in [0.15, 0.2) is 23.3 Å². The summed E-state index contributed by atoms with van der Waals surface area (Å²) in [6.07, 6.45) is 2.94. The van der Waals surface area contributed by atoms with Gasteiger partial charge in [0.25, 0.3) is 5.56 Å². The Bertz CT molecular complexity index is 580. The second kappa shape index (κ2) is 3.27. The first-order valence-corrected chi connectivity index (χ1v) is 4.59. The van der Waals surface area contributed by atoms with Crippen LogP contribution in [0.1, 0.15) is 17.3 Å². The van der Waals surface area contributed by atoms with Crippen LogP contribution in [0.2, 0.25) is 0 Å². The Hall–Kier alpha value is -2.04. The van der Waals surface area contributed by atoms with Gasteiger partial charge in [-0.3, -0.25) is 4.79 Å². The lowest BCUT2D eigenvalue weighted by atomic mass is 10.2. The number of H-pyrrole nitrogens is 1. The molecule has 0 aliphatic carbocycles. The minimum atomic E-state index is -1.03. The number of hydrogen-bond donors (Lipinski definition) is 2. The molecule has 2 aromatic rings. The van der Waals surface area contributed by atoms with Crippen molar-refractivity contribution in [3.63, 3.8) is 0 Å². The number of carboxylic acids is 1. The second-order valence-corrected chi connectivity index (χ2v) is 3.21. The molecular weight excluding hydrogens is 196 g/mol. The summed E-state index contributed by atoms with van der Waals surface area (Å²) in [5.41, 5.74) is 0.298. The Kier molecular flexibility index (Phi) is 2.07. The third-order valence-corrected chi connectivity index (χ3v) is 2.37. The molecule has 78 valence electrons. The number of nitrogens with zero attached hydrogens (tertiary/aromatic N) is 1. The summed E-state index contributed by atoms with van der Waals surface area (Å²) in [7, 11) is 0. The maximum Gasteiger partial charge on any atom is 0.337 e. The van der Waals surface area contributed by atoms with E-state index in [1.165, 1.54) is 10.8 Å². The zero-order valence-corrected chi connectivity index (χ0v) is 8.15. The van der Waals surface area contributed by atoms with Crippen LogP contribution in [0.25, 0.3) is 10.9 Å². The number of aromatic nitrogens is 2. The van der Waals surface area contributed by atoms with Crippen molar-refractivity contribution >= 4 is 16.9 Å². The van der Waals surface area contributed by atoms with E-state index in [4.69, 9.17) is 5.11 Å². The first kappa shape index (κ1) is 9.51. The highest BCUT2D eigenvalue weighted by atomic mass is 16.4. The first-order chi connectivity index (χ1) is 7.15. The summed E-state index contributed by atoms with van der Waals surface area (Å²) in [4.78, 5) is 25.5. The molecule has 0 aliphatic heterocycles. The second-order valence-electron chi connectivity index (χ2n) is 3.21. The van der Waals surface area contributed by atoms with Crippen molar-refractivity contribution in [2.45, 2.75) is 13.5 Å². The maximum absolute atomic E-state index is 11.7. The van der Waals surface area contributed by atoms with E-state index < -0.39 is 5.97 Å². The average Bonchev–Trinajstić information content (AvgIpc) is 2.67. The highest BCUT2D eigenvalue weighted by Crippen LogP contribution is 2.13. The number of nitrogens with one attached hydrogen (secondary N) is 1. The molecule has 2 N–H and O–H groups in total. The van der Waals surface area contributed by atoms with E-state index in [9.17, 15) is 9.59 Å². The minimum Gasteiger partial charge on any atom is -0.478 e. The van der Waals surface area contributed by atoms with Gasteiger partial charge in [0.15, 0.2) is 0 Å². The number of hydrogen-bond acceptors (Lipinski definition) is 2. The predicted molar refractivity (Wildman–Crippen MR) is 55.2 cm³/mol. The Labute approximate surface area is 85.0 Å². The molecule has 0 fully saturated rings. The molecule has 0 amide bonds. The number of aromatic carboxylic acids is 1. The zero-order chi connectivity index (χ0) is 11.0. The summed E-state index contributed by atoms with van der Waals surface area (Å²) in [6, 6.07) is 1.60. The Morgan fingerprint density at radius 1 is 1.60 bits per heavy atom. The van der Waals surface area contributed by atoms with Crippen LogP contribution in [0.4, 0.5) is 0 Å². The van der Waals surface area contributed by atoms with Gasteiger partial charge >= 0.3 is 5.97 Å². The lowest BCUT2D eigenvalue weighted by molar-refractivity contribution is 0.0698. The fraction of sp³-hybridized carbons (Fsp3) is 0.200. The standard InChI is InChI=1S/C10H10N2O3/c1-2-12-5-7(10(14)15)6-3-4-11-8(6)9(12)13/h3-5,11H,2H2,1H3,(H,14,15). The Balaban J connectivity index is 2.92. The number of aryl methyl sites for hydroxylation is 1. The number of rotatable bonds is 2. The van der Waals surface area contributed by atoms with Gasteiger partial charge in [0.05, 0.1) is 5.56 Å². The lowest BCUT2D eigenvalue weighted by Gasteiger charge is -2.04. The van der Waals surface area contributed by atoms with Crippen molar-refractivity contribution in [3.05, 3.63) is 34.4 Å². The van der Waals surface area contributed by atoms with Gasteiger partial charge in [-0.25, -0.2) is 4.79 Å². The molecule has 0 atom stereocenters. The fourth-order valence-corrected chi connectivity index (χ4v) is 1.60. The summed E-state index contributed by atoms with van der Waals surface area (Å²) in [5, 5.41) is 9.44. The van der Waals surface area contributed by atoms with Crippen molar-refractivity contribution in [2.24, 2.45) is 0 Å². The van der Waals surface area contributed by atoms with Gasteiger partial charge in [-0.2, -0.15) is 0 Å². The third-order valence-electron chi connectivity index (χ3n) is 2.37. The van der Waals surface area contributed by atoms with Crippen LogP contribution in [-0.4, -0.2) is 20.6 Å². The van der Waals surface area contributed by atoms with Crippen molar-refractivity contribution in [1.82, 2.24) is 9.55 Å². The molecule has 2 heterocycles. The van der Waals surface area contributed by atoms with Crippen LogP contribution in [0.5, 0.6) is 0 Å². The van der Waals surface area contributed by atoms with Crippen LogP contribution in [0, 0.1) is 0 Å². The molecule has 0 bridgehead atoms. The lowest BCUT2D eigenvalue weighted by Crippen LogP contribution is -2.21. The van der Waals surface area contributed by atoms with Crippen LogP contribution in [0.3, 0.4) is 0 Å². The van der Waals surface area contributed by atoms with Gasteiger partial charge in [0.1, 0.15) is 5.52 Å². The Morgan fingerprint density at radius 3 is 2.93 bits per heavy atom. The van der Waals surface area contributed by atoms with Gasteiger partial charge < -0.3 is 14.7 Å². The maximum atomic E-state index is 11.7. The number of pyridine rings is 1. The van der Waals surface area contributed by atoms with Gasteiger partial charge in [-0.15, -0.1) is 0 Å². The summed E-state index contributed by atoms with van der Waals surface area (Å²) < 4.78 is 1.38. The summed E-state index contributed by atoms with van der Waals surface area (Å²) >= 11 is 0. The quantitative estimate of drug-likeness (QED) is 0.771. The van der Waals surface area contributed by atoms with E-state index in [0.717, 1.165) is 0 Å². The molecule has 15 heavy (non-hydrogen) atoms. The van der Waals surface area contributed by atoms with E-state index in [1.54, 1.807) is 19.2 Å². The molecule has 0 spiro atoms. The summed E-state index contributed by atoms with van der Waals surface area (Å²) in [6.45, 7) is 2.25. The topological polar surface area (TPSA) is 75.1 Å². The molecule has 0 saturated carbocycles. The van der Waals surface area contributed by atoms with Gasteiger partial charge in [-0.05, 0) is 13.0 Å². The molecule has 0 radical (unpaired) electrons. The number of carboxylic acid groups (broad SMARTS) is 1. The fourth-order valence-electron chi connectivity index (χ4n) is 1.60. The number of fused-ring (bicyclic) bond motifs is 1. The molecule has 0 aliphatic rings. The summed E-state index contributed by atoms with van der Waals surface area (Å²) in [5.74, 6) is -1.03. The van der Waals surface area contributed by atoms with E-state index in [0.29, 0.717) is 17.4 Å². The van der Waals surface area contributed by atoms with Crippen molar-refractivity contribution in [1.29, 1.82) is 0 Å². The predicted octanol–water partition coefficient (Wildman–Crippen LogP) is 1.05. The third kappa shape index (κ3) is 1.32. The van der Waals surface area contributed by atoms with Crippen molar-refractivity contribution in [2.75, 3.05) is 0 Å². The smallest absolute Gasteiger partial charge is 0.337 e. The largest absolute Gasteiger partial charge is 0.478 e. The molecule has 0 aromatic carbocycles. The number of carbonyl (C=O) groups is 1. The zero-order valence-electron chi connectivity index (χ0n) is 8.15. The van der Waals surface area contributed by atoms with Crippen molar-refractivity contribution < 1.29 is 9.90 Å². The van der Waals surface area contributed by atoms with Gasteiger partial charge in [-0.1, -0.05) is 0 Å². The van der Waals surface area contributed by atoms with Crippen LogP contribution >= 0.6 is 0 Å². The normalized spacial score (nSPS) is 10.7. The first-order valence-electron chi connectivity index (χ1n) is 4.59. The highest BCUT2D eigenvalue weighted by Gasteiger charge is 2.13. The minimum absolute atomic E-state index is 0.146. The van der Waals surface area contributed by atoms with Crippen LogP contribution < -0.4 is 5.56 Å². The molecule has 0 unspecified atom stereocenters. The van der Waals surface area contributed by atoms with Gasteiger partial charge in [0.2, 0.25) is 0 Å². The average molecular weight is 206 g/mol. The van der Waals surface area contributed by atoms with E-state index >= 15 is 0 Å².